The molecule has 1 saturated heterocycles. The first-order chi connectivity index (χ1) is 5.15. The number of aliphatic hydroxyl groups excluding tert-OH is 2. The second kappa shape index (κ2) is 8.57. The van der Waals surface area contributed by atoms with Crippen molar-refractivity contribution in [3.05, 3.63) is 0 Å². The molecular weight excluding hydrogens is 602 g/mol. The van der Waals surface area contributed by atoms with E-state index in [4.69, 9.17) is 9.84 Å². The number of carbonyl (C=O) groups is 1. The molecule has 0 aromatic rings. The molecule has 6 heteroatoms. The van der Waals surface area contributed by atoms with Crippen molar-refractivity contribution in [2.45, 2.75) is 31.8 Å². The van der Waals surface area contributed by atoms with Crippen LogP contribution in [0.25, 0.3) is 0 Å². The number of aliphatic hydroxyl groups is 2. The molecule has 1 rings (SSSR count). The van der Waals surface area contributed by atoms with Gasteiger partial charge in [0.1, 0.15) is 6.29 Å². The third-order valence-electron chi connectivity index (χ3n) is 1.96. The quantitative estimate of drug-likeness (QED) is 0.384. The van der Waals surface area contributed by atoms with E-state index in [0.29, 0.717) is 6.29 Å². The molecule has 0 aliphatic carbocycles. The van der Waals surface area contributed by atoms with Gasteiger partial charge in [-0.3, -0.25) is 0 Å². The van der Waals surface area contributed by atoms with Crippen molar-refractivity contribution in [3.8, 4) is 0 Å². The molecule has 70 valence electrons. The van der Waals surface area contributed by atoms with Crippen molar-refractivity contribution in [3.63, 3.8) is 0 Å². The van der Waals surface area contributed by atoms with Gasteiger partial charge >= 0.3 is 0 Å². The van der Waals surface area contributed by atoms with Gasteiger partial charge in [-0.05, 0) is 6.92 Å². The molecule has 0 aromatic heterocycles. The van der Waals surface area contributed by atoms with E-state index >= 15 is 0 Å². The van der Waals surface area contributed by atoms with Crippen molar-refractivity contribution in [2.24, 2.45) is 5.92 Å². The molecule has 1 heterocycles. The topological polar surface area (TPSA) is 66.8 Å². The molecule has 4 unspecified atom stereocenters. The summed E-state index contributed by atoms with van der Waals surface area (Å²) in [6.07, 6.45) is -1.32. The maximum atomic E-state index is 10.4. The average molecular weight is 614 g/mol. The van der Waals surface area contributed by atoms with Gasteiger partial charge < -0.3 is 19.7 Å². The third-order valence-corrected chi connectivity index (χ3v) is 1.96. The minimum Gasteiger partial charge on any atom is -0.392 e. The number of hydrogen-bond donors (Lipinski definition) is 2. The van der Waals surface area contributed by atoms with Crippen molar-refractivity contribution < 1.29 is 108 Å². The summed E-state index contributed by atoms with van der Waals surface area (Å²) >= 11 is 0. The first kappa shape index (κ1) is 17.8. The predicted molar refractivity (Wildman–Crippen MR) is 36.7 cm³/mol. The zero-order valence-electron chi connectivity index (χ0n) is 7.46. The Balaban J connectivity index is 0. The van der Waals surface area contributed by atoms with E-state index in [2.05, 4.69) is 0 Å². The number of carbonyl (C=O) groups excluding carboxylic acids is 1. The summed E-state index contributed by atoms with van der Waals surface area (Å²) in [6.45, 7) is 1.66. The van der Waals surface area contributed by atoms with E-state index in [0.717, 1.165) is 0 Å². The molecule has 1 aliphatic heterocycles. The van der Waals surface area contributed by atoms with Crippen molar-refractivity contribution in [1.29, 1.82) is 0 Å². The summed E-state index contributed by atoms with van der Waals surface area (Å²) in [5, 5.41) is 18.2. The van der Waals surface area contributed by atoms with Gasteiger partial charge in [-0.1, -0.05) is 0 Å². The molecule has 0 aromatic carbocycles. The maximum Gasteiger partial charge on any atom is 0.157 e. The molecule has 4 nitrogen and oxygen atoms in total. The predicted octanol–water partition coefficient (Wildman–Crippen LogP) is -0.710. The fraction of sp³-hybridized carbons (Fsp3) is 0.857. The third kappa shape index (κ3) is 5.34. The van der Waals surface area contributed by atoms with Crippen LogP contribution in [0.4, 0.5) is 0 Å². The van der Waals surface area contributed by atoms with Crippen LogP contribution in [0.3, 0.4) is 0 Å². The van der Waals surface area contributed by atoms with E-state index < -0.39 is 24.4 Å². The monoisotopic (exact) mass is 614 g/mol. The number of aldehydes is 1. The Morgan fingerprint density at radius 1 is 1.38 bits per heavy atom. The Hall–Kier alpha value is 2.43. The zero-order chi connectivity index (χ0) is 8.43. The molecule has 1 fully saturated rings. The number of hydrogen-bond acceptors (Lipinski definition) is 4. The molecular formula is C7H12Ac2O4. The largest absolute Gasteiger partial charge is 0.392 e. The summed E-state index contributed by atoms with van der Waals surface area (Å²) in [5.74, 6) is -0.501. The Morgan fingerprint density at radius 3 is 2.31 bits per heavy atom. The maximum absolute atomic E-state index is 10.4. The second-order valence-corrected chi connectivity index (χ2v) is 2.81. The minimum atomic E-state index is -0.934. The zero-order valence-corrected chi connectivity index (χ0v) is 17.0. The van der Waals surface area contributed by atoms with Crippen LogP contribution in [0.15, 0.2) is 0 Å². The smallest absolute Gasteiger partial charge is 0.157 e. The molecule has 0 bridgehead atoms. The van der Waals surface area contributed by atoms with Crippen molar-refractivity contribution >= 4 is 6.29 Å². The standard InChI is InChI=1S/C7H12O4.2Ac/c1-4-5(3-8)6(9)2-7(10)11-4;;/h3-7,9-10H,2H2,1H3;;. The van der Waals surface area contributed by atoms with Crippen LogP contribution in [0.5, 0.6) is 0 Å². The summed E-state index contributed by atoms with van der Waals surface area (Å²) in [6, 6.07) is 0. The molecule has 1 aliphatic rings. The SMILES string of the molecule is CC1OC(O)CC(O)C1C=O.[Ac].[Ac]. The van der Waals surface area contributed by atoms with Crippen LogP contribution in [-0.4, -0.2) is 35.0 Å². The van der Waals surface area contributed by atoms with Gasteiger partial charge in [-0.2, -0.15) is 0 Å². The van der Waals surface area contributed by atoms with Gasteiger partial charge in [0.2, 0.25) is 0 Å². The summed E-state index contributed by atoms with van der Waals surface area (Å²) in [5.41, 5.74) is 0. The van der Waals surface area contributed by atoms with Gasteiger partial charge in [0.25, 0.3) is 0 Å². The van der Waals surface area contributed by atoms with E-state index in [-0.39, 0.29) is 94.5 Å². The van der Waals surface area contributed by atoms with E-state index in [9.17, 15) is 9.90 Å². The number of ether oxygens (including phenoxy) is 1. The van der Waals surface area contributed by atoms with E-state index in [1.54, 1.807) is 6.92 Å². The first-order valence-electron chi connectivity index (χ1n) is 3.62. The molecule has 13 heavy (non-hydrogen) atoms. The van der Waals surface area contributed by atoms with Gasteiger partial charge in [0.05, 0.1) is 18.1 Å². The average Bonchev–Trinajstić information content (AvgIpc) is 1.85. The summed E-state index contributed by atoms with van der Waals surface area (Å²) in [7, 11) is 0. The Bertz CT molecular complexity index is 143. The number of rotatable bonds is 1. The Morgan fingerprint density at radius 2 is 1.92 bits per heavy atom. The summed E-state index contributed by atoms with van der Waals surface area (Å²) < 4.78 is 4.92. The molecule has 0 spiro atoms. The Labute approximate surface area is 149 Å². The van der Waals surface area contributed by atoms with Crippen LogP contribution in [0, 0.1) is 94.0 Å². The normalized spacial score (nSPS) is 38.4. The van der Waals surface area contributed by atoms with Crippen LogP contribution < -0.4 is 0 Å². The van der Waals surface area contributed by atoms with E-state index in [1.807, 2.05) is 0 Å². The fourth-order valence-electron chi connectivity index (χ4n) is 1.27. The Kier molecular flexibility index (Phi) is 11.7. The van der Waals surface area contributed by atoms with E-state index in [1.165, 1.54) is 0 Å². The van der Waals surface area contributed by atoms with Crippen LogP contribution in [-0.2, 0) is 9.53 Å². The van der Waals surface area contributed by atoms with Crippen LogP contribution in [0.1, 0.15) is 13.3 Å². The minimum absolute atomic E-state index is 0. The molecule has 4 atom stereocenters. The van der Waals surface area contributed by atoms with Gasteiger partial charge in [0.15, 0.2) is 6.29 Å². The first-order valence-corrected chi connectivity index (χ1v) is 3.62. The molecule has 0 amide bonds. The molecule has 0 saturated carbocycles. The molecule has 2 radical (unpaired) electrons. The van der Waals surface area contributed by atoms with Gasteiger partial charge in [-0.25, -0.2) is 0 Å². The fourth-order valence-corrected chi connectivity index (χ4v) is 1.27. The van der Waals surface area contributed by atoms with Gasteiger partial charge in [0, 0.05) is 94.5 Å². The van der Waals surface area contributed by atoms with Crippen molar-refractivity contribution in [1.82, 2.24) is 0 Å². The van der Waals surface area contributed by atoms with Crippen LogP contribution in [0.2, 0.25) is 0 Å². The van der Waals surface area contributed by atoms with Crippen LogP contribution >= 0.6 is 0 Å². The summed E-state index contributed by atoms with van der Waals surface area (Å²) in [4.78, 5) is 10.4. The second-order valence-electron chi connectivity index (χ2n) is 2.81. The molecule has 2 N–H and O–H groups in total. The van der Waals surface area contributed by atoms with Gasteiger partial charge in [-0.15, -0.1) is 0 Å². The van der Waals surface area contributed by atoms with Crippen molar-refractivity contribution in [2.75, 3.05) is 0 Å².